The Balaban J connectivity index is 1.68. The van der Waals surface area contributed by atoms with E-state index in [9.17, 15) is 4.79 Å². The van der Waals surface area contributed by atoms with Crippen LogP contribution in [0.3, 0.4) is 0 Å². The highest BCUT2D eigenvalue weighted by Crippen LogP contribution is 2.22. The number of aryl methyl sites for hydroxylation is 2. The molecule has 6 nitrogen and oxygen atoms in total. The van der Waals surface area contributed by atoms with Crippen molar-refractivity contribution < 1.29 is 9.53 Å². The van der Waals surface area contributed by atoms with Crippen LogP contribution in [0.25, 0.3) is 0 Å². The number of aromatic nitrogens is 2. The van der Waals surface area contributed by atoms with Gasteiger partial charge in [0.15, 0.2) is 0 Å². The van der Waals surface area contributed by atoms with Crippen LogP contribution in [0.5, 0.6) is 0 Å². The number of fused-ring (bicyclic) bond motifs is 1. The number of carbonyl (C=O) groups is 1. The summed E-state index contributed by atoms with van der Waals surface area (Å²) in [6.45, 7) is 8.82. The first-order chi connectivity index (χ1) is 10.4. The number of amides is 1. The van der Waals surface area contributed by atoms with Crippen molar-refractivity contribution in [3.63, 3.8) is 0 Å². The highest BCUT2D eigenvalue weighted by molar-refractivity contribution is 5.68. The Bertz CT molecular complexity index is 523. The van der Waals surface area contributed by atoms with Gasteiger partial charge in [0.2, 0.25) is 0 Å². The number of piperazine rings is 1. The monoisotopic (exact) mass is 306 g/mol. The van der Waals surface area contributed by atoms with Gasteiger partial charge in [-0.05, 0) is 33.6 Å². The average Bonchev–Trinajstić information content (AvgIpc) is 2.89. The van der Waals surface area contributed by atoms with E-state index >= 15 is 0 Å². The molecule has 6 heteroatoms. The van der Waals surface area contributed by atoms with Crippen LogP contribution in [0.15, 0.2) is 6.20 Å². The molecule has 1 N–H and O–H groups in total. The fourth-order valence-electron chi connectivity index (χ4n) is 3.04. The van der Waals surface area contributed by atoms with Crippen molar-refractivity contribution in [1.82, 2.24) is 19.8 Å². The van der Waals surface area contributed by atoms with Gasteiger partial charge in [0.25, 0.3) is 0 Å². The normalized spacial score (nSPS) is 22.3. The first-order valence-corrected chi connectivity index (χ1v) is 8.20. The minimum atomic E-state index is -0.453. The van der Waals surface area contributed by atoms with Gasteiger partial charge >= 0.3 is 6.09 Å². The minimum absolute atomic E-state index is 0.0966. The third kappa shape index (κ3) is 3.43. The van der Waals surface area contributed by atoms with Gasteiger partial charge in [-0.25, -0.2) is 9.78 Å². The zero-order valence-electron chi connectivity index (χ0n) is 13.8. The number of hydrogen-bond acceptors (Lipinski definition) is 4. The van der Waals surface area contributed by atoms with E-state index in [4.69, 9.17) is 9.72 Å². The Kier molecular flexibility index (Phi) is 4.12. The fraction of sp³-hybridized carbons (Fsp3) is 0.750. The third-order valence-electron chi connectivity index (χ3n) is 4.11. The molecule has 0 aliphatic carbocycles. The molecule has 3 rings (SSSR count). The lowest BCUT2D eigenvalue weighted by molar-refractivity contribution is 0.0194. The second-order valence-corrected chi connectivity index (χ2v) is 7.17. The quantitative estimate of drug-likeness (QED) is 0.863. The molecule has 1 fully saturated rings. The first-order valence-electron chi connectivity index (χ1n) is 8.20. The van der Waals surface area contributed by atoms with Crippen molar-refractivity contribution in [2.75, 3.05) is 19.6 Å². The molecule has 1 aromatic rings. The maximum atomic E-state index is 12.2. The van der Waals surface area contributed by atoms with E-state index in [0.29, 0.717) is 13.1 Å². The van der Waals surface area contributed by atoms with Crippen molar-refractivity contribution in [1.29, 1.82) is 0 Å². The molecule has 22 heavy (non-hydrogen) atoms. The number of imidazole rings is 1. The van der Waals surface area contributed by atoms with E-state index in [0.717, 1.165) is 25.2 Å². The van der Waals surface area contributed by atoms with E-state index in [2.05, 4.69) is 16.1 Å². The minimum Gasteiger partial charge on any atom is -0.444 e. The Morgan fingerprint density at radius 2 is 2.18 bits per heavy atom. The molecule has 0 radical (unpaired) electrons. The van der Waals surface area contributed by atoms with Gasteiger partial charge in [-0.2, -0.15) is 0 Å². The van der Waals surface area contributed by atoms with Gasteiger partial charge in [-0.3, -0.25) is 0 Å². The maximum absolute atomic E-state index is 12.2. The molecule has 2 aliphatic heterocycles. The SMILES string of the molecule is CC(C)(C)OC(=O)N1CCNC(c2cn3c(n2)CCCC3)C1. The summed E-state index contributed by atoms with van der Waals surface area (Å²) in [6.07, 6.45) is 5.42. The number of nitrogens with zero attached hydrogens (tertiary/aromatic N) is 3. The van der Waals surface area contributed by atoms with Crippen LogP contribution >= 0.6 is 0 Å². The van der Waals surface area contributed by atoms with Crippen LogP contribution in [0.1, 0.15) is 51.2 Å². The first kappa shape index (κ1) is 15.3. The van der Waals surface area contributed by atoms with E-state index < -0.39 is 5.60 Å². The van der Waals surface area contributed by atoms with Crippen LogP contribution < -0.4 is 5.32 Å². The summed E-state index contributed by atoms with van der Waals surface area (Å²) in [5.41, 5.74) is 0.593. The number of ether oxygens (including phenoxy) is 1. The van der Waals surface area contributed by atoms with Gasteiger partial charge in [-0.15, -0.1) is 0 Å². The van der Waals surface area contributed by atoms with Crippen LogP contribution in [0.4, 0.5) is 4.79 Å². The van der Waals surface area contributed by atoms with Crippen molar-refractivity contribution in [3.8, 4) is 0 Å². The number of carbonyl (C=O) groups excluding carboxylic acids is 1. The van der Waals surface area contributed by atoms with Gasteiger partial charge < -0.3 is 19.5 Å². The zero-order chi connectivity index (χ0) is 15.7. The Hall–Kier alpha value is -1.56. The lowest BCUT2D eigenvalue weighted by Crippen LogP contribution is -2.49. The molecule has 1 saturated heterocycles. The van der Waals surface area contributed by atoms with E-state index in [-0.39, 0.29) is 12.1 Å². The summed E-state index contributed by atoms with van der Waals surface area (Å²) in [7, 11) is 0. The molecule has 1 unspecified atom stereocenters. The Morgan fingerprint density at radius 1 is 1.36 bits per heavy atom. The van der Waals surface area contributed by atoms with Gasteiger partial charge in [-0.1, -0.05) is 0 Å². The fourth-order valence-corrected chi connectivity index (χ4v) is 3.04. The lowest BCUT2D eigenvalue weighted by Gasteiger charge is -2.34. The standard InChI is InChI=1S/C16H26N4O2/c1-16(2,3)22-15(21)20-9-7-17-12(10-20)13-11-19-8-5-4-6-14(19)18-13/h11-12,17H,4-10H2,1-3H3. The molecule has 1 aromatic heterocycles. The lowest BCUT2D eigenvalue weighted by atomic mass is 10.1. The van der Waals surface area contributed by atoms with Crippen molar-refractivity contribution in [2.24, 2.45) is 0 Å². The summed E-state index contributed by atoms with van der Waals surface area (Å²) in [5, 5.41) is 3.47. The summed E-state index contributed by atoms with van der Waals surface area (Å²) in [6, 6.07) is 0.0966. The molecule has 1 amide bonds. The molecule has 0 bridgehead atoms. The second kappa shape index (κ2) is 5.91. The molecule has 0 aromatic carbocycles. The van der Waals surface area contributed by atoms with E-state index in [1.54, 1.807) is 4.90 Å². The zero-order valence-corrected chi connectivity index (χ0v) is 13.8. The molecular weight excluding hydrogens is 280 g/mol. The van der Waals surface area contributed by atoms with Crippen LogP contribution in [0.2, 0.25) is 0 Å². The Labute approximate surface area is 131 Å². The predicted octanol–water partition coefficient (Wildman–Crippen LogP) is 2.10. The highest BCUT2D eigenvalue weighted by Gasteiger charge is 2.29. The third-order valence-corrected chi connectivity index (χ3v) is 4.11. The molecule has 0 spiro atoms. The van der Waals surface area contributed by atoms with Crippen molar-refractivity contribution in [2.45, 2.75) is 58.2 Å². The van der Waals surface area contributed by atoms with Crippen LogP contribution in [0, 0.1) is 0 Å². The van der Waals surface area contributed by atoms with Crippen LogP contribution in [-0.2, 0) is 17.7 Å². The maximum Gasteiger partial charge on any atom is 0.410 e. The van der Waals surface area contributed by atoms with Gasteiger partial charge in [0.1, 0.15) is 11.4 Å². The van der Waals surface area contributed by atoms with Gasteiger partial charge in [0.05, 0.1) is 11.7 Å². The smallest absolute Gasteiger partial charge is 0.410 e. The summed E-state index contributed by atoms with van der Waals surface area (Å²) < 4.78 is 7.73. The largest absolute Gasteiger partial charge is 0.444 e. The van der Waals surface area contributed by atoms with Crippen molar-refractivity contribution in [3.05, 3.63) is 17.7 Å². The topological polar surface area (TPSA) is 59.4 Å². The number of nitrogens with one attached hydrogen (secondary N) is 1. The molecule has 0 saturated carbocycles. The van der Waals surface area contributed by atoms with E-state index in [1.807, 2.05) is 20.8 Å². The number of rotatable bonds is 1. The summed E-state index contributed by atoms with van der Waals surface area (Å²) in [4.78, 5) is 18.8. The molecule has 2 aliphatic rings. The van der Waals surface area contributed by atoms with Crippen molar-refractivity contribution >= 4 is 6.09 Å². The van der Waals surface area contributed by atoms with Gasteiger partial charge in [0, 0.05) is 38.8 Å². The Morgan fingerprint density at radius 3 is 2.91 bits per heavy atom. The number of hydrogen-bond donors (Lipinski definition) is 1. The molecule has 1 atom stereocenters. The highest BCUT2D eigenvalue weighted by atomic mass is 16.6. The molecule has 3 heterocycles. The summed E-state index contributed by atoms with van der Waals surface area (Å²) in [5.74, 6) is 1.18. The van der Waals surface area contributed by atoms with Crippen LogP contribution in [-0.4, -0.2) is 45.8 Å². The van der Waals surface area contributed by atoms with E-state index in [1.165, 1.54) is 18.7 Å². The second-order valence-electron chi connectivity index (χ2n) is 7.17. The molecule has 122 valence electrons. The average molecular weight is 306 g/mol. The summed E-state index contributed by atoms with van der Waals surface area (Å²) >= 11 is 0. The molecular formula is C16H26N4O2. The predicted molar refractivity (Wildman–Crippen MR) is 83.7 cm³/mol.